The molecule has 1 fully saturated rings. The van der Waals surface area contributed by atoms with Gasteiger partial charge in [-0.15, -0.1) is 0 Å². The summed E-state index contributed by atoms with van der Waals surface area (Å²) in [5.74, 6) is -0.104. The van der Waals surface area contributed by atoms with Gasteiger partial charge in [-0.05, 0) is 19.9 Å². The number of aromatic nitrogens is 3. The summed E-state index contributed by atoms with van der Waals surface area (Å²) in [6.07, 6.45) is -4.82. The molecule has 1 unspecified atom stereocenters. The van der Waals surface area contributed by atoms with E-state index < -0.39 is 17.5 Å². The summed E-state index contributed by atoms with van der Waals surface area (Å²) in [5.41, 5.74) is -2.34. The first-order valence-corrected chi connectivity index (χ1v) is 6.17. The Bertz CT molecular complexity index is 492. The first-order chi connectivity index (χ1) is 9.26. The van der Waals surface area contributed by atoms with E-state index in [2.05, 4.69) is 20.5 Å². The summed E-state index contributed by atoms with van der Waals surface area (Å²) in [6, 6.07) is 0. The summed E-state index contributed by atoms with van der Waals surface area (Å²) in [6.45, 7) is 1.42. The number of aryl methyl sites for hydroxylation is 1. The van der Waals surface area contributed by atoms with E-state index in [1.54, 1.807) is 6.92 Å². The maximum Gasteiger partial charge on any atom is 0.404 e. The molecule has 0 saturated carbocycles. The lowest BCUT2D eigenvalue weighted by molar-refractivity contribution is -0.221. The number of carbonyl (C=O) groups is 1. The second-order valence-corrected chi connectivity index (χ2v) is 5.00. The quantitative estimate of drug-likeness (QED) is 0.856. The van der Waals surface area contributed by atoms with Crippen LogP contribution in [-0.2, 0) is 11.3 Å². The molecular weight excluding hydrogens is 275 g/mol. The number of halogens is 3. The maximum absolute atomic E-state index is 13.2. The molecule has 1 aliphatic heterocycles. The minimum atomic E-state index is -4.57. The minimum Gasteiger partial charge on any atom is -0.337 e. The van der Waals surface area contributed by atoms with Gasteiger partial charge in [0, 0.05) is 13.6 Å². The maximum atomic E-state index is 13.2. The summed E-state index contributed by atoms with van der Waals surface area (Å²) in [7, 11) is 1.33. The normalized spacial score (nSPS) is 23.1. The monoisotopic (exact) mass is 291 g/mol. The van der Waals surface area contributed by atoms with E-state index in [9.17, 15) is 18.0 Å². The highest BCUT2D eigenvalue weighted by atomic mass is 19.4. The molecule has 6 nitrogen and oxygen atoms in total. The molecule has 9 heteroatoms. The molecule has 0 aromatic carbocycles. The Morgan fingerprint density at radius 3 is 2.65 bits per heavy atom. The van der Waals surface area contributed by atoms with E-state index in [0.29, 0.717) is 11.6 Å². The molecule has 0 bridgehead atoms. The van der Waals surface area contributed by atoms with Crippen LogP contribution in [0, 0.1) is 12.3 Å². The van der Waals surface area contributed by atoms with Crippen molar-refractivity contribution in [3.63, 3.8) is 0 Å². The number of hydrogen-bond acceptors (Lipinski definition) is 4. The lowest BCUT2D eigenvalue weighted by Crippen LogP contribution is -2.52. The van der Waals surface area contributed by atoms with Crippen LogP contribution in [0.3, 0.4) is 0 Å². The Kier molecular flexibility index (Phi) is 3.72. The predicted molar refractivity (Wildman–Crippen MR) is 63.6 cm³/mol. The van der Waals surface area contributed by atoms with Gasteiger partial charge >= 0.3 is 6.18 Å². The molecule has 2 heterocycles. The van der Waals surface area contributed by atoms with Gasteiger partial charge in [0.05, 0.1) is 6.54 Å². The van der Waals surface area contributed by atoms with Gasteiger partial charge in [0.25, 0.3) is 0 Å². The molecule has 20 heavy (non-hydrogen) atoms. The minimum absolute atomic E-state index is 0.0546. The highest BCUT2D eigenvalue weighted by molar-refractivity contribution is 5.84. The Morgan fingerprint density at radius 2 is 2.20 bits per heavy atom. The number of rotatable bonds is 3. The Morgan fingerprint density at radius 1 is 1.50 bits per heavy atom. The topological polar surface area (TPSA) is 73.9 Å². The fourth-order valence-corrected chi connectivity index (χ4v) is 2.35. The van der Waals surface area contributed by atoms with Crippen molar-refractivity contribution in [2.24, 2.45) is 5.41 Å². The van der Waals surface area contributed by atoms with Gasteiger partial charge in [0.1, 0.15) is 5.82 Å². The van der Waals surface area contributed by atoms with Crippen molar-refractivity contribution in [2.45, 2.75) is 26.1 Å². The Balaban J connectivity index is 2.16. The summed E-state index contributed by atoms with van der Waals surface area (Å²) >= 11 is 0. The third-order valence-electron chi connectivity index (χ3n) is 3.48. The molecule has 1 amide bonds. The van der Waals surface area contributed by atoms with Crippen molar-refractivity contribution in [3.05, 3.63) is 11.6 Å². The number of nitrogens with one attached hydrogen (secondary N) is 2. The second-order valence-electron chi connectivity index (χ2n) is 5.00. The highest BCUT2D eigenvalue weighted by Gasteiger charge is 2.62. The van der Waals surface area contributed by atoms with Crippen LogP contribution in [-0.4, -0.2) is 52.3 Å². The smallest absolute Gasteiger partial charge is 0.337 e. The Labute approximate surface area is 113 Å². The largest absolute Gasteiger partial charge is 0.404 e. The Hall–Kier alpha value is -1.64. The lowest BCUT2D eigenvalue weighted by atomic mass is 9.84. The molecule has 1 atom stereocenters. The number of amides is 1. The van der Waals surface area contributed by atoms with Gasteiger partial charge in [0.15, 0.2) is 11.2 Å². The van der Waals surface area contributed by atoms with Crippen LogP contribution in [0.2, 0.25) is 0 Å². The van der Waals surface area contributed by atoms with Gasteiger partial charge in [-0.25, -0.2) is 4.98 Å². The zero-order valence-corrected chi connectivity index (χ0v) is 11.2. The molecule has 0 aliphatic carbocycles. The van der Waals surface area contributed by atoms with Crippen molar-refractivity contribution in [1.29, 1.82) is 0 Å². The van der Waals surface area contributed by atoms with Crippen LogP contribution < -0.4 is 5.32 Å². The van der Waals surface area contributed by atoms with Crippen LogP contribution in [0.5, 0.6) is 0 Å². The fourth-order valence-electron chi connectivity index (χ4n) is 2.35. The number of alkyl halides is 3. The molecule has 1 aromatic rings. The molecule has 2 rings (SSSR count). The van der Waals surface area contributed by atoms with E-state index in [-0.39, 0.29) is 26.1 Å². The third-order valence-corrected chi connectivity index (χ3v) is 3.48. The van der Waals surface area contributed by atoms with Crippen molar-refractivity contribution in [1.82, 2.24) is 25.4 Å². The van der Waals surface area contributed by atoms with Crippen LogP contribution in [0.4, 0.5) is 13.2 Å². The van der Waals surface area contributed by atoms with E-state index in [0.717, 1.165) is 4.90 Å². The molecule has 1 saturated heterocycles. The summed E-state index contributed by atoms with van der Waals surface area (Å²) < 4.78 is 39.7. The summed E-state index contributed by atoms with van der Waals surface area (Å²) in [5, 5.41) is 9.03. The number of nitrogens with zero attached hydrogens (tertiary/aromatic N) is 3. The van der Waals surface area contributed by atoms with Gasteiger partial charge in [-0.2, -0.15) is 18.3 Å². The second kappa shape index (κ2) is 5.04. The van der Waals surface area contributed by atoms with Gasteiger partial charge in [-0.1, -0.05) is 0 Å². The number of H-pyrrole nitrogens is 1. The van der Waals surface area contributed by atoms with Crippen LogP contribution in [0.15, 0.2) is 0 Å². The zero-order chi connectivity index (χ0) is 15.0. The van der Waals surface area contributed by atoms with Crippen LogP contribution in [0.1, 0.15) is 18.1 Å². The predicted octanol–water partition coefficient (Wildman–Crippen LogP) is 0.614. The van der Waals surface area contributed by atoms with Crippen molar-refractivity contribution in [3.8, 4) is 0 Å². The van der Waals surface area contributed by atoms with Crippen molar-refractivity contribution in [2.75, 3.05) is 20.1 Å². The molecule has 1 aromatic heterocycles. The van der Waals surface area contributed by atoms with Crippen molar-refractivity contribution < 1.29 is 18.0 Å². The fraction of sp³-hybridized carbons (Fsp3) is 0.727. The first kappa shape index (κ1) is 14.8. The molecule has 0 radical (unpaired) electrons. The zero-order valence-electron chi connectivity index (χ0n) is 11.2. The molecule has 2 N–H and O–H groups in total. The van der Waals surface area contributed by atoms with Crippen molar-refractivity contribution >= 4 is 5.91 Å². The molecule has 112 valence electrons. The molecule has 1 aliphatic rings. The van der Waals surface area contributed by atoms with E-state index in [1.165, 1.54) is 7.05 Å². The summed E-state index contributed by atoms with van der Waals surface area (Å²) in [4.78, 5) is 17.2. The molecular formula is C11H16F3N5O. The number of carbonyl (C=O) groups excluding carboxylic acids is 1. The van der Waals surface area contributed by atoms with E-state index >= 15 is 0 Å². The van der Waals surface area contributed by atoms with Crippen LogP contribution >= 0.6 is 0 Å². The highest BCUT2D eigenvalue weighted by Crippen LogP contribution is 2.44. The average molecular weight is 291 g/mol. The van der Waals surface area contributed by atoms with E-state index in [4.69, 9.17) is 0 Å². The average Bonchev–Trinajstić information content (AvgIpc) is 2.97. The van der Waals surface area contributed by atoms with Crippen LogP contribution in [0.25, 0.3) is 0 Å². The number of aromatic amines is 1. The van der Waals surface area contributed by atoms with E-state index in [1.807, 2.05) is 0 Å². The van der Waals surface area contributed by atoms with Gasteiger partial charge < -0.3 is 10.2 Å². The van der Waals surface area contributed by atoms with Gasteiger partial charge in [0.2, 0.25) is 5.91 Å². The van der Waals surface area contributed by atoms with Gasteiger partial charge in [-0.3, -0.25) is 9.89 Å². The first-order valence-electron chi connectivity index (χ1n) is 6.17. The molecule has 0 spiro atoms. The third kappa shape index (κ3) is 2.49. The lowest BCUT2D eigenvalue weighted by Gasteiger charge is -2.33. The SMILES string of the molecule is Cc1nc(CN(C)C(=O)C2(C(F)(F)F)CCNC2)n[nH]1. The number of hydrogen-bond donors (Lipinski definition) is 2. The standard InChI is InChI=1S/C11H16F3N5O/c1-7-16-8(18-17-7)5-19(2)9(20)10(11(12,13)14)3-4-15-6-10/h15H,3-6H2,1-2H3,(H,16,17,18).